The molecule has 0 unspecified atom stereocenters. The lowest BCUT2D eigenvalue weighted by Gasteiger charge is -2.10. The summed E-state index contributed by atoms with van der Waals surface area (Å²) in [6.07, 6.45) is 0.979. The molecule has 0 heterocycles. The van der Waals surface area contributed by atoms with Crippen molar-refractivity contribution in [3.8, 4) is 5.75 Å². The Hall–Kier alpha value is -2.38. The molecule has 6 nitrogen and oxygen atoms in total. The number of hydrogen-bond donors (Lipinski definition) is 2. The number of nitrogens with one attached hydrogen (secondary N) is 2. The Morgan fingerprint density at radius 3 is 2.32 bits per heavy atom. The molecule has 0 radical (unpaired) electrons. The number of ether oxygens (including phenoxy) is 1. The van der Waals surface area contributed by atoms with Crippen LogP contribution in [0.25, 0.3) is 0 Å². The smallest absolute Gasteiger partial charge is 0.220 e. The maximum absolute atomic E-state index is 12.1. The van der Waals surface area contributed by atoms with Gasteiger partial charge in [0.1, 0.15) is 5.75 Å². The molecule has 0 aliphatic rings. The first-order valence-electron chi connectivity index (χ1n) is 9.25. The molecule has 2 rings (SSSR count). The van der Waals surface area contributed by atoms with E-state index in [-0.39, 0.29) is 17.7 Å². The molecular formula is C21H28N2O4S. The Morgan fingerprint density at radius 1 is 1.04 bits per heavy atom. The predicted octanol–water partition coefficient (Wildman–Crippen LogP) is 2.77. The van der Waals surface area contributed by atoms with Crippen LogP contribution in [-0.2, 0) is 33.5 Å². The van der Waals surface area contributed by atoms with E-state index in [2.05, 4.69) is 10.0 Å². The van der Waals surface area contributed by atoms with E-state index in [9.17, 15) is 13.2 Å². The van der Waals surface area contributed by atoms with Gasteiger partial charge >= 0.3 is 0 Å². The topological polar surface area (TPSA) is 84.5 Å². The number of hydrogen-bond acceptors (Lipinski definition) is 4. The van der Waals surface area contributed by atoms with Gasteiger partial charge in [-0.2, -0.15) is 0 Å². The van der Waals surface area contributed by atoms with E-state index in [1.54, 1.807) is 33.1 Å². The van der Waals surface area contributed by atoms with Crippen LogP contribution in [0, 0.1) is 0 Å². The zero-order chi connectivity index (χ0) is 20.6. The second kappa shape index (κ2) is 10.2. The van der Waals surface area contributed by atoms with Gasteiger partial charge in [-0.1, -0.05) is 42.5 Å². The van der Waals surface area contributed by atoms with Gasteiger partial charge < -0.3 is 10.1 Å². The highest BCUT2D eigenvalue weighted by molar-refractivity contribution is 7.88. The zero-order valence-corrected chi connectivity index (χ0v) is 17.4. The Kier molecular flexibility index (Phi) is 8.02. The number of sulfonamides is 1. The molecular weight excluding hydrogens is 376 g/mol. The summed E-state index contributed by atoms with van der Waals surface area (Å²) in [5.74, 6) is 0.683. The number of amides is 1. The highest BCUT2D eigenvalue weighted by Crippen LogP contribution is 2.18. The van der Waals surface area contributed by atoms with Crippen molar-refractivity contribution in [2.45, 2.75) is 45.0 Å². The van der Waals surface area contributed by atoms with Crippen LogP contribution >= 0.6 is 0 Å². The van der Waals surface area contributed by atoms with E-state index in [1.165, 1.54) is 0 Å². The summed E-state index contributed by atoms with van der Waals surface area (Å²) >= 11 is 0. The van der Waals surface area contributed by atoms with E-state index in [0.717, 1.165) is 16.9 Å². The highest BCUT2D eigenvalue weighted by atomic mass is 32.2. The number of benzene rings is 2. The zero-order valence-electron chi connectivity index (χ0n) is 16.6. The van der Waals surface area contributed by atoms with Gasteiger partial charge in [0, 0.05) is 19.0 Å². The van der Waals surface area contributed by atoms with Crippen LogP contribution in [0.4, 0.5) is 0 Å². The van der Waals surface area contributed by atoms with Crippen molar-refractivity contribution in [2.24, 2.45) is 0 Å². The molecule has 0 atom stereocenters. The van der Waals surface area contributed by atoms with Gasteiger partial charge in [0.25, 0.3) is 0 Å². The minimum atomic E-state index is -3.34. The van der Waals surface area contributed by atoms with E-state index in [1.807, 2.05) is 36.4 Å². The van der Waals surface area contributed by atoms with Crippen molar-refractivity contribution in [1.82, 2.24) is 10.0 Å². The van der Waals surface area contributed by atoms with Crippen molar-refractivity contribution >= 4 is 15.9 Å². The third kappa shape index (κ3) is 7.32. The molecule has 1 amide bonds. The first-order valence-corrected chi connectivity index (χ1v) is 10.9. The molecule has 0 saturated carbocycles. The normalized spacial score (nSPS) is 11.4. The van der Waals surface area contributed by atoms with Crippen LogP contribution < -0.4 is 14.8 Å². The summed E-state index contributed by atoms with van der Waals surface area (Å²) in [6.45, 7) is 3.98. The Bertz CT molecular complexity index is 878. The highest BCUT2D eigenvalue weighted by Gasteiger charge is 2.13. The number of carbonyl (C=O) groups is 1. The van der Waals surface area contributed by atoms with Crippen LogP contribution in [0.2, 0.25) is 0 Å². The third-order valence-corrected chi connectivity index (χ3v) is 5.64. The number of rotatable bonds is 10. The maximum atomic E-state index is 12.1. The predicted molar refractivity (Wildman–Crippen MR) is 110 cm³/mol. The molecule has 2 aromatic carbocycles. The summed E-state index contributed by atoms with van der Waals surface area (Å²) < 4.78 is 31.8. The lowest BCUT2D eigenvalue weighted by atomic mass is 10.1. The molecule has 2 aromatic rings. The Labute approximate surface area is 167 Å². The van der Waals surface area contributed by atoms with Gasteiger partial charge in [-0.05, 0) is 43.0 Å². The third-order valence-electron chi connectivity index (χ3n) is 4.10. The van der Waals surface area contributed by atoms with Crippen LogP contribution in [-0.4, -0.2) is 27.5 Å². The van der Waals surface area contributed by atoms with Gasteiger partial charge in [0.2, 0.25) is 15.9 Å². The van der Waals surface area contributed by atoms with Gasteiger partial charge in [-0.25, -0.2) is 13.1 Å². The Morgan fingerprint density at radius 2 is 1.68 bits per heavy atom. The van der Waals surface area contributed by atoms with Crippen LogP contribution in [0.3, 0.4) is 0 Å². The first kappa shape index (κ1) is 21.9. The Balaban J connectivity index is 1.82. The van der Waals surface area contributed by atoms with Gasteiger partial charge in [-0.3, -0.25) is 4.79 Å². The lowest BCUT2D eigenvalue weighted by Crippen LogP contribution is -2.31. The lowest BCUT2D eigenvalue weighted by molar-refractivity contribution is -0.121. The average Bonchev–Trinajstić information content (AvgIpc) is 2.64. The second-order valence-corrected chi connectivity index (χ2v) is 8.69. The standard InChI is InChI=1S/C21H28N2O4S/c1-16(2)23-28(25,26)15-18-10-8-17(9-11-18)14-22-21(24)13-12-19-6-4-5-7-20(19)27-3/h4-11,16,23H,12-15H2,1-3H3,(H,22,24). The summed E-state index contributed by atoms with van der Waals surface area (Å²) in [6, 6.07) is 14.7. The number of methoxy groups -OCH3 is 1. The van der Waals surface area contributed by atoms with Crippen molar-refractivity contribution < 1.29 is 17.9 Å². The molecule has 0 bridgehead atoms. The van der Waals surface area contributed by atoms with E-state index >= 15 is 0 Å². The molecule has 0 fully saturated rings. The largest absolute Gasteiger partial charge is 0.496 e. The summed E-state index contributed by atoms with van der Waals surface area (Å²) in [7, 11) is -1.72. The van der Waals surface area contributed by atoms with Crippen LogP contribution in [0.15, 0.2) is 48.5 Å². The molecule has 0 aliphatic carbocycles. The van der Waals surface area contributed by atoms with E-state index < -0.39 is 10.0 Å². The summed E-state index contributed by atoms with van der Waals surface area (Å²) in [5, 5.41) is 2.89. The number of para-hydroxylation sites is 1. The second-order valence-electron chi connectivity index (χ2n) is 6.94. The first-order chi connectivity index (χ1) is 13.3. The minimum Gasteiger partial charge on any atom is -0.496 e. The van der Waals surface area contributed by atoms with Gasteiger partial charge in [0.05, 0.1) is 12.9 Å². The molecule has 7 heteroatoms. The minimum absolute atomic E-state index is 0.0429. The molecule has 0 aromatic heterocycles. The van der Waals surface area contributed by atoms with Crippen molar-refractivity contribution in [3.63, 3.8) is 0 Å². The maximum Gasteiger partial charge on any atom is 0.220 e. The summed E-state index contributed by atoms with van der Waals surface area (Å²) in [4.78, 5) is 12.1. The fourth-order valence-corrected chi connectivity index (χ4v) is 4.25. The van der Waals surface area contributed by atoms with Gasteiger partial charge in [-0.15, -0.1) is 0 Å². The van der Waals surface area contributed by atoms with Crippen molar-refractivity contribution in [1.29, 1.82) is 0 Å². The van der Waals surface area contributed by atoms with Crippen molar-refractivity contribution in [2.75, 3.05) is 7.11 Å². The average molecular weight is 405 g/mol. The SMILES string of the molecule is COc1ccccc1CCC(=O)NCc1ccc(CS(=O)(=O)NC(C)C)cc1. The molecule has 152 valence electrons. The fourth-order valence-electron chi connectivity index (χ4n) is 2.82. The van der Waals surface area contributed by atoms with Crippen LogP contribution in [0.1, 0.15) is 37.0 Å². The number of carbonyl (C=O) groups excluding carboxylic acids is 1. The monoisotopic (exact) mass is 404 g/mol. The number of aryl methyl sites for hydroxylation is 1. The summed E-state index contributed by atoms with van der Waals surface area (Å²) in [5.41, 5.74) is 2.63. The van der Waals surface area contributed by atoms with Crippen LogP contribution in [0.5, 0.6) is 5.75 Å². The van der Waals surface area contributed by atoms with E-state index in [4.69, 9.17) is 4.74 Å². The molecule has 0 saturated heterocycles. The fraction of sp³-hybridized carbons (Fsp3) is 0.381. The molecule has 0 spiro atoms. The van der Waals surface area contributed by atoms with Crippen molar-refractivity contribution in [3.05, 3.63) is 65.2 Å². The molecule has 2 N–H and O–H groups in total. The van der Waals surface area contributed by atoms with Gasteiger partial charge in [0.15, 0.2) is 0 Å². The molecule has 0 aliphatic heterocycles. The quantitative estimate of drug-likeness (QED) is 0.638. The van der Waals surface area contributed by atoms with E-state index in [0.29, 0.717) is 24.9 Å². The molecule has 28 heavy (non-hydrogen) atoms.